The van der Waals surface area contributed by atoms with Crippen molar-refractivity contribution < 1.29 is 32.2 Å². The number of aliphatic carboxylic acids is 1. The lowest BCUT2D eigenvalue weighted by molar-refractivity contribution is -0.137. The molecule has 0 bridgehead atoms. The number of carboxylic acids is 1. The fraction of sp³-hybridized carbons (Fsp3) is 0.350. The first kappa shape index (κ1) is 23.1. The normalized spacial score (nSPS) is 14.3. The number of ether oxygens (including phenoxy) is 2. The number of halogens is 2. The van der Waals surface area contributed by atoms with Gasteiger partial charge in [-0.15, -0.1) is 0 Å². The number of nitrogens with one attached hydrogen (secondary N) is 1. The lowest BCUT2D eigenvalue weighted by Crippen LogP contribution is -2.36. The Morgan fingerprint density at radius 3 is 2.61 bits per heavy atom. The summed E-state index contributed by atoms with van der Waals surface area (Å²) >= 11 is 6.10. The molecule has 0 aromatic heterocycles. The number of sulfonamides is 1. The van der Waals surface area contributed by atoms with Gasteiger partial charge in [0, 0.05) is 25.6 Å². The Bertz CT molecular complexity index is 1040. The summed E-state index contributed by atoms with van der Waals surface area (Å²) < 4.78 is 52.9. The highest BCUT2D eigenvalue weighted by molar-refractivity contribution is 7.92. The van der Waals surface area contributed by atoms with Crippen LogP contribution in [-0.4, -0.2) is 52.4 Å². The van der Waals surface area contributed by atoms with E-state index in [0.29, 0.717) is 38.4 Å². The summed E-state index contributed by atoms with van der Waals surface area (Å²) in [5.74, 6) is -1.23. The maximum atomic E-state index is 14.5. The zero-order chi connectivity index (χ0) is 22.4. The van der Waals surface area contributed by atoms with Gasteiger partial charge < -0.3 is 19.5 Å². The van der Waals surface area contributed by atoms with E-state index >= 15 is 0 Å². The van der Waals surface area contributed by atoms with Crippen LogP contribution in [0.5, 0.6) is 5.75 Å². The molecule has 1 heterocycles. The van der Waals surface area contributed by atoms with Crippen LogP contribution < -0.4 is 14.4 Å². The molecule has 0 aliphatic carbocycles. The molecule has 0 unspecified atom stereocenters. The van der Waals surface area contributed by atoms with Gasteiger partial charge in [-0.1, -0.05) is 11.6 Å². The smallest absolute Gasteiger partial charge is 0.303 e. The summed E-state index contributed by atoms with van der Waals surface area (Å²) in [7, 11) is -4.01. The Labute approximate surface area is 184 Å². The third-order valence-electron chi connectivity index (χ3n) is 4.56. The minimum Gasteiger partial charge on any atom is -0.492 e. The topological polar surface area (TPSA) is 105 Å². The zero-order valence-corrected chi connectivity index (χ0v) is 18.1. The minimum atomic E-state index is -4.01. The molecule has 2 aromatic carbocycles. The molecule has 11 heteroatoms. The van der Waals surface area contributed by atoms with Crippen molar-refractivity contribution in [3.05, 3.63) is 47.2 Å². The third-order valence-corrected chi connectivity index (χ3v) is 6.23. The highest BCUT2D eigenvalue weighted by Crippen LogP contribution is 2.29. The number of hydrogen-bond acceptors (Lipinski definition) is 6. The van der Waals surface area contributed by atoms with Crippen LogP contribution in [0.1, 0.15) is 12.8 Å². The molecule has 1 aliphatic heterocycles. The van der Waals surface area contributed by atoms with E-state index in [1.54, 1.807) is 0 Å². The Hall–Kier alpha value is -2.56. The van der Waals surface area contributed by atoms with Crippen molar-refractivity contribution in [1.82, 2.24) is 0 Å². The largest absolute Gasteiger partial charge is 0.492 e. The van der Waals surface area contributed by atoms with Crippen LogP contribution in [0.25, 0.3) is 0 Å². The van der Waals surface area contributed by atoms with Crippen LogP contribution in [-0.2, 0) is 19.6 Å². The van der Waals surface area contributed by atoms with Crippen LogP contribution in [0, 0.1) is 5.82 Å². The maximum Gasteiger partial charge on any atom is 0.303 e. The molecule has 0 atom stereocenters. The summed E-state index contributed by atoms with van der Waals surface area (Å²) in [4.78, 5) is 12.2. The van der Waals surface area contributed by atoms with Gasteiger partial charge in [0.2, 0.25) is 0 Å². The van der Waals surface area contributed by atoms with E-state index in [1.165, 1.54) is 30.3 Å². The van der Waals surface area contributed by atoms with E-state index in [0.717, 1.165) is 6.07 Å². The highest BCUT2D eigenvalue weighted by atomic mass is 35.5. The fourth-order valence-corrected chi connectivity index (χ4v) is 4.39. The Kier molecular flexibility index (Phi) is 7.58. The molecule has 3 rings (SSSR count). The van der Waals surface area contributed by atoms with E-state index in [1.807, 2.05) is 4.90 Å². The maximum absolute atomic E-state index is 14.5. The van der Waals surface area contributed by atoms with Crippen LogP contribution in [0.15, 0.2) is 41.3 Å². The minimum absolute atomic E-state index is 0.0467. The zero-order valence-electron chi connectivity index (χ0n) is 16.5. The summed E-state index contributed by atoms with van der Waals surface area (Å²) in [6.07, 6.45) is 0.244. The first-order valence-electron chi connectivity index (χ1n) is 9.55. The summed E-state index contributed by atoms with van der Waals surface area (Å²) in [5, 5.41) is 8.69. The predicted octanol–water partition coefficient (Wildman–Crippen LogP) is 3.36. The van der Waals surface area contributed by atoms with Crippen LogP contribution in [0.4, 0.5) is 15.8 Å². The molecule has 8 nitrogen and oxygen atoms in total. The van der Waals surface area contributed by atoms with Crippen molar-refractivity contribution in [1.29, 1.82) is 0 Å². The van der Waals surface area contributed by atoms with Crippen molar-refractivity contribution >= 4 is 39.0 Å². The van der Waals surface area contributed by atoms with Gasteiger partial charge in [0.1, 0.15) is 11.6 Å². The van der Waals surface area contributed by atoms with Crippen molar-refractivity contribution in [2.24, 2.45) is 0 Å². The second-order valence-electron chi connectivity index (χ2n) is 6.81. The number of carbonyl (C=O) groups is 1. The molecule has 2 aromatic rings. The molecule has 0 amide bonds. The van der Waals surface area contributed by atoms with Crippen molar-refractivity contribution in [2.75, 3.05) is 42.5 Å². The number of morpholine rings is 1. The second-order valence-corrected chi connectivity index (χ2v) is 8.90. The molecule has 0 spiro atoms. The van der Waals surface area contributed by atoms with Crippen molar-refractivity contribution in [3.8, 4) is 5.75 Å². The molecule has 2 N–H and O–H groups in total. The number of hydrogen-bond donors (Lipinski definition) is 2. The van der Waals surface area contributed by atoms with E-state index in [9.17, 15) is 17.6 Å². The predicted molar refractivity (Wildman–Crippen MR) is 114 cm³/mol. The molecule has 0 radical (unpaired) electrons. The quantitative estimate of drug-likeness (QED) is 0.539. The van der Waals surface area contributed by atoms with Gasteiger partial charge in [0.15, 0.2) is 0 Å². The molecule has 1 aliphatic rings. The third kappa shape index (κ3) is 6.22. The Morgan fingerprint density at radius 2 is 1.97 bits per heavy atom. The standard InChI is InChI=1S/C20H22ClFN2O6S/c21-16-13-15(4-6-19(16)30-9-1-2-20(25)26)31(27,28)23-14-3-5-18(17(22)12-14)24-7-10-29-11-8-24/h3-6,12-13,23H,1-2,7-11H2,(H,25,26). The number of carboxylic acid groups (broad SMARTS) is 1. The molecular formula is C20H22ClFN2O6S. The molecule has 168 valence electrons. The summed E-state index contributed by atoms with van der Waals surface area (Å²) in [6, 6.07) is 8.06. The van der Waals surface area contributed by atoms with Gasteiger partial charge in [0.25, 0.3) is 10.0 Å². The van der Waals surface area contributed by atoms with E-state index in [-0.39, 0.29) is 34.4 Å². The van der Waals surface area contributed by atoms with Gasteiger partial charge in [-0.25, -0.2) is 12.8 Å². The van der Waals surface area contributed by atoms with Gasteiger partial charge in [-0.05, 0) is 36.8 Å². The summed E-state index contributed by atoms with van der Waals surface area (Å²) in [6.45, 7) is 2.27. The molecule has 1 saturated heterocycles. The SMILES string of the molecule is O=C(O)CCCOc1ccc(S(=O)(=O)Nc2ccc(N3CCOCC3)c(F)c2)cc1Cl. The highest BCUT2D eigenvalue weighted by Gasteiger charge is 2.19. The van der Waals surface area contributed by atoms with E-state index in [2.05, 4.69) is 4.72 Å². The van der Waals surface area contributed by atoms with E-state index in [4.69, 9.17) is 26.2 Å². The van der Waals surface area contributed by atoms with Crippen molar-refractivity contribution in [3.63, 3.8) is 0 Å². The summed E-state index contributed by atoms with van der Waals surface area (Å²) in [5.41, 5.74) is 0.471. The Morgan fingerprint density at radius 1 is 1.23 bits per heavy atom. The fourth-order valence-electron chi connectivity index (χ4n) is 3.02. The number of nitrogens with zero attached hydrogens (tertiary/aromatic N) is 1. The Balaban J connectivity index is 1.68. The number of anilines is 2. The van der Waals surface area contributed by atoms with Crippen LogP contribution in [0.2, 0.25) is 5.02 Å². The molecule has 0 saturated carbocycles. The number of rotatable bonds is 9. The van der Waals surface area contributed by atoms with Gasteiger partial charge in [-0.3, -0.25) is 9.52 Å². The monoisotopic (exact) mass is 472 g/mol. The molecule has 1 fully saturated rings. The molecular weight excluding hydrogens is 451 g/mol. The van der Waals surface area contributed by atoms with Gasteiger partial charge >= 0.3 is 5.97 Å². The second kappa shape index (κ2) is 10.2. The van der Waals surface area contributed by atoms with Crippen molar-refractivity contribution in [2.45, 2.75) is 17.7 Å². The van der Waals surface area contributed by atoms with E-state index < -0.39 is 21.8 Å². The average molecular weight is 473 g/mol. The first-order chi connectivity index (χ1) is 14.8. The van der Waals surface area contributed by atoms with Crippen LogP contribution in [0.3, 0.4) is 0 Å². The molecule has 31 heavy (non-hydrogen) atoms. The number of benzene rings is 2. The van der Waals surface area contributed by atoms with Gasteiger partial charge in [-0.2, -0.15) is 0 Å². The lowest BCUT2D eigenvalue weighted by Gasteiger charge is -2.29. The van der Waals surface area contributed by atoms with Crippen LogP contribution >= 0.6 is 11.6 Å². The lowest BCUT2D eigenvalue weighted by atomic mass is 10.2. The first-order valence-corrected chi connectivity index (χ1v) is 11.4. The van der Waals surface area contributed by atoms with Gasteiger partial charge in [0.05, 0.1) is 41.1 Å². The average Bonchev–Trinajstić information content (AvgIpc) is 2.72.